The van der Waals surface area contributed by atoms with Crippen molar-refractivity contribution in [2.45, 2.75) is 52.4 Å². The molecule has 19 heavy (non-hydrogen) atoms. The molecule has 0 bridgehead atoms. The van der Waals surface area contributed by atoms with Crippen molar-refractivity contribution in [3.05, 3.63) is 0 Å². The van der Waals surface area contributed by atoms with Gasteiger partial charge in [-0.15, -0.1) is 0 Å². The first-order valence-corrected chi connectivity index (χ1v) is 9.21. The van der Waals surface area contributed by atoms with Crippen molar-refractivity contribution in [3.63, 3.8) is 0 Å². The zero-order valence-corrected chi connectivity index (χ0v) is 13.0. The molecule has 1 amide bonds. The summed E-state index contributed by atoms with van der Waals surface area (Å²) in [5.74, 6) is 1.21. The highest BCUT2D eigenvalue weighted by atomic mass is 32.2. The first kappa shape index (κ1) is 16.5. The molecule has 112 valence electrons. The third kappa shape index (κ3) is 6.95. The summed E-state index contributed by atoms with van der Waals surface area (Å²) in [7, 11) is -2.92. The Morgan fingerprint density at radius 3 is 2.53 bits per heavy atom. The van der Waals surface area contributed by atoms with Gasteiger partial charge in [0.05, 0.1) is 11.5 Å². The lowest BCUT2D eigenvalue weighted by molar-refractivity contribution is -0.131. The standard InChI is InChI=1S/C14H27NO3S/c1-13(2)7-4-3-5-8-14(16)15-9-6-11-19(17,18)12-10-15/h13H,3-12H2,1-2H3. The molecule has 1 heterocycles. The van der Waals surface area contributed by atoms with Gasteiger partial charge in [-0.3, -0.25) is 4.79 Å². The van der Waals surface area contributed by atoms with Crippen molar-refractivity contribution in [3.8, 4) is 0 Å². The molecule has 1 fully saturated rings. The number of hydrogen-bond donors (Lipinski definition) is 0. The van der Waals surface area contributed by atoms with E-state index in [0.717, 1.165) is 18.8 Å². The maximum Gasteiger partial charge on any atom is 0.222 e. The summed E-state index contributed by atoms with van der Waals surface area (Å²) >= 11 is 0. The predicted octanol–water partition coefficient (Wildman–Crippen LogP) is 2.24. The van der Waals surface area contributed by atoms with Crippen LogP contribution in [0.1, 0.15) is 52.4 Å². The van der Waals surface area contributed by atoms with Crippen LogP contribution in [0.3, 0.4) is 0 Å². The number of sulfone groups is 1. The lowest BCUT2D eigenvalue weighted by Gasteiger charge is -2.19. The highest BCUT2D eigenvalue weighted by molar-refractivity contribution is 7.91. The quantitative estimate of drug-likeness (QED) is 0.705. The van der Waals surface area contributed by atoms with Gasteiger partial charge in [0, 0.05) is 19.5 Å². The van der Waals surface area contributed by atoms with E-state index >= 15 is 0 Å². The molecule has 0 aromatic rings. The van der Waals surface area contributed by atoms with Crippen LogP contribution < -0.4 is 0 Å². The molecule has 1 aliphatic heterocycles. The Morgan fingerprint density at radius 2 is 1.84 bits per heavy atom. The third-order valence-electron chi connectivity index (χ3n) is 3.58. The molecule has 1 aliphatic rings. The van der Waals surface area contributed by atoms with Gasteiger partial charge in [0.2, 0.25) is 5.91 Å². The minimum Gasteiger partial charge on any atom is -0.342 e. The Balaban J connectivity index is 2.22. The normalized spacial score (nSPS) is 19.4. The fourth-order valence-electron chi connectivity index (χ4n) is 2.35. The van der Waals surface area contributed by atoms with Crippen LogP contribution in [0.25, 0.3) is 0 Å². The van der Waals surface area contributed by atoms with Crippen LogP contribution in [0.4, 0.5) is 0 Å². The van der Waals surface area contributed by atoms with Crippen LogP contribution >= 0.6 is 0 Å². The van der Waals surface area contributed by atoms with Gasteiger partial charge in [0.25, 0.3) is 0 Å². The Morgan fingerprint density at radius 1 is 1.11 bits per heavy atom. The van der Waals surface area contributed by atoms with Crippen LogP contribution in [0.2, 0.25) is 0 Å². The molecule has 0 aromatic heterocycles. The van der Waals surface area contributed by atoms with Crippen molar-refractivity contribution < 1.29 is 13.2 Å². The molecular weight excluding hydrogens is 262 g/mol. The molecule has 0 aliphatic carbocycles. The summed E-state index contributed by atoms with van der Waals surface area (Å²) in [6.07, 6.45) is 5.57. The fraction of sp³-hybridized carbons (Fsp3) is 0.929. The number of carbonyl (C=O) groups excluding carboxylic acids is 1. The number of hydrogen-bond acceptors (Lipinski definition) is 3. The first-order chi connectivity index (χ1) is 8.91. The first-order valence-electron chi connectivity index (χ1n) is 7.39. The van der Waals surface area contributed by atoms with Gasteiger partial charge in [-0.2, -0.15) is 0 Å². The summed E-state index contributed by atoms with van der Waals surface area (Å²) < 4.78 is 22.9. The SMILES string of the molecule is CC(C)CCCCCC(=O)N1CCCS(=O)(=O)CC1. The lowest BCUT2D eigenvalue weighted by atomic mass is 10.0. The summed E-state index contributed by atoms with van der Waals surface area (Å²) in [5, 5.41) is 0. The van der Waals surface area contributed by atoms with Crippen LogP contribution in [-0.4, -0.2) is 43.8 Å². The Bertz CT molecular complexity index is 376. The van der Waals surface area contributed by atoms with E-state index in [-0.39, 0.29) is 17.4 Å². The molecule has 0 radical (unpaired) electrons. The molecular formula is C14H27NO3S. The molecule has 5 heteroatoms. The molecule has 0 aromatic carbocycles. The smallest absolute Gasteiger partial charge is 0.222 e. The van der Waals surface area contributed by atoms with E-state index in [1.807, 2.05) is 0 Å². The molecule has 1 saturated heterocycles. The van der Waals surface area contributed by atoms with Gasteiger partial charge < -0.3 is 4.90 Å². The molecule has 0 atom stereocenters. The zero-order chi connectivity index (χ0) is 14.3. The number of amides is 1. The summed E-state index contributed by atoms with van der Waals surface area (Å²) in [6, 6.07) is 0. The molecule has 0 N–H and O–H groups in total. The van der Waals surface area contributed by atoms with Crippen molar-refractivity contribution in [2.24, 2.45) is 5.92 Å². The number of nitrogens with zero attached hydrogens (tertiary/aromatic N) is 1. The Labute approximate surface area is 117 Å². The maximum atomic E-state index is 12.0. The minimum absolute atomic E-state index is 0.127. The van der Waals surface area contributed by atoms with Crippen molar-refractivity contribution >= 4 is 15.7 Å². The second-order valence-electron chi connectivity index (χ2n) is 5.88. The van der Waals surface area contributed by atoms with E-state index in [1.54, 1.807) is 4.90 Å². The monoisotopic (exact) mass is 289 g/mol. The summed E-state index contributed by atoms with van der Waals surface area (Å²) in [5.41, 5.74) is 0. The number of carbonyl (C=O) groups is 1. The van der Waals surface area contributed by atoms with E-state index in [4.69, 9.17) is 0 Å². The van der Waals surface area contributed by atoms with Crippen molar-refractivity contribution in [1.29, 1.82) is 0 Å². The van der Waals surface area contributed by atoms with Gasteiger partial charge >= 0.3 is 0 Å². The van der Waals surface area contributed by atoms with Crippen molar-refractivity contribution in [1.82, 2.24) is 4.90 Å². The topological polar surface area (TPSA) is 54.5 Å². The van der Waals surface area contributed by atoms with Gasteiger partial charge in [-0.05, 0) is 18.8 Å². The lowest BCUT2D eigenvalue weighted by Crippen LogP contribution is -2.33. The molecule has 1 rings (SSSR count). The van der Waals surface area contributed by atoms with Crippen LogP contribution in [0, 0.1) is 5.92 Å². The summed E-state index contributed by atoms with van der Waals surface area (Å²) in [6.45, 7) is 5.41. The molecule has 4 nitrogen and oxygen atoms in total. The average molecular weight is 289 g/mol. The fourth-order valence-corrected chi connectivity index (χ4v) is 3.62. The minimum atomic E-state index is -2.92. The third-order valence-corrected chi connectivity index (χ3v) is 5.30. The van der Waals surface area contributed by atoms with Crippen LogP contribution in [0.5, 0.6) is 0 Å². The van der Waals surface area contributed by atoms with E-state index in [9.17, 15) is 13.2 Å². The van der Waals surface area contributed by atoms with Crippen LogP contribution in [-0.2, 0) is 14.6 Å². The second-order valence-corrected chi connectivity index (χ2v) is 8.18. The molecule has 0 unspecified atom stereocenters. The van der Waals surface area contributed by atoms with E-state index < -0.39 is 9.84 Å². The average Bonchev–Trinajstić information content (AvgIpc) is 2.49. The number of unbranched alkanes of at least 4 members (excludes halogenated alkanes) is 2. The summed E-state index contributed by atoms with van der Waals surface area (Å²) in [4.78, 5) is 13.7. The van der Waals surface area contributed by atoms with Crippen LogP contribution in [0.15, 0.2) is 0 Å². The molecule has 0 saturated carbocycles. The van der Waals surface area contributed by atoms with Gasteiger partial charge in [-0.1, -0.05) is 33.1 Å². The largest absolute Gasteiger partial charge is 0.342 e. The van der Waals surface area contributed by atoms with Crippen molar-refractivity contribution in [2.75, 3.05) is 24.6 Å². The maximum absolute atomic E-state index is 12.0. The second kappa shape index (κ2) is 7.88. The van der Waals surface area contributed by atoms with Gasteiger partial charge in [0.15, 0.2) is 9.84 Å². The Kier molecular flexibility index (Phi) is 6.83. The van der Waals surface area contributed by atoms with E-state index in [2.05, 4.69) is 13.8 Å². The van der Waals surface area contributed by atoms with E-state index in [0.29, 0.717) is 25.9 Å². The van der Waals surface area contributed by atoms with Gasteiger partial charge in [-0.25, -0.2) is 8.42 Å². The highest BCUT2D eigenvalue weighted by Crippen LogP contribution is 2.12. The van der Waals surface area contributed by atoms with Gasteiger partial charge in [0.1, 0.15) is 0 Å². The van der Waals surface area contributed by atoms with E-state index in [1.165, 1.54) is 12.8 Å². The number of rotatable bonds is 6. The zero-order valence-electron chi connectivity index (χ0n) is 12.2. The Hall–Kier alpha value is -0.580. The molecule has 0 spiro atoms. The highest BCUT2D eigenvalue weighted by Gasteiger charge is 2.21. The predicted molar refractivity (Wildman–Crippen MR) is 77.8 cm³/mol.